The van der Waals surface area contributed by atoms with E-state index in [0.717, 1.165) is 28.1 Å². The largest absolute Gasteiger partial charge is 0.292 e. The van der Waals surface area contributed by atoms with Gasteiger partial charge < -0.3 is 0 Å². The third-order valence-corrected chi connectivity index (χ3v) is 6.61. The molecule has 0 unspecified atom stereocenters. The first-order valence-corrected chi connectivity index (χ1v) is 11.2. The van der Waals surface area contributed by atoms with Crippen LogP contribution in [0.3, 0.4) is 0 Å². The lowest BCUT2D eigenvalue weighted by Crippen LogP contribution is -2.52. The van der Waals surface area contributed by atoms with E-state index < -0.39 is 46.8 Å². The minimum Gasteiger partial charge on any atom is -0.292 e. The smallest absolute Gasteiger partial charge is 0.273 e. The van der Waals surface area contributed by atoms with Gasteiger partial charge in [-0.25, -0.2) is 5.01 Å². The number of carbonyl (C=O) groups is 4. The molecule has 3 atom stereocenters. The van der Waals surface area contributed by atoms with Gasteiger partial charge in [0.15, 0.2) is 5.78 Å². The molecule has 9 nitrogen and oxygen atoms in total. The number of amides is 3. The first kappa shape index (κ1) is 23.3. The predicted octanol–water partition coefficient (Wildman–Crippen LogP) is 3.56. The number of hydrogen-bond acceptors (Lipinski definition) is 6. The highest BCUT2D eigenvalue weighted by Crippen LogP contribution is 2.41. The van der Waals surface area contributed by atoms with Crippen LogP contribution in [0.25, 0.3) is 0 Å². The van der Waals surface area contributed by atoms with Gasteiger partial charge >= 0.3 is 0 Å². The molecule has 3 amide bonds. The SMILES string of the molecule is Cc1ccc(C(=O)CN(C(=O)c2cccc([N+](=O)[O-])c2)N2C(=O)[C@H]3C[C@H](C)CC[C@H]3C2=O)cc1. The van der Waals surface area contributed by atoms with E-state index in [0.29, 0.717) is 18.4 Å². The Bertz CT molecular complexity index is 1180. The fourth-order valence-corrected chi connectivity index (χ4v) is 4.71. The minimum absolute atomic E-state index is 0.0882. The standard InChI is InChI=1S/C25H25N3O6/c1-15-6-9-17(10-7-15)22(29)14-26(23(30)18-4-3-5-19(13-18)28(33)34)27-24(31)20-11-8-16(2)12-21(20)25(27)32/h3-7,9-10,13,16,20-21H,8,11-12,14H2,1-2H3/t16-,20-,21+/m1/s1. The molecule has 4 rings (SSSR count). The summed E-state index contributed by atoms with van der Waals surface area (Å²) in [5, 5.41) is 12.9. The topological polar surface area (TPSA) is 118 Å². The molecule has 9 heteroatoms. The average molecular weight is 463 g/mol. The fraction of sp³-hybridized carbons (Fsp3) is 0.360. The molecule has 1 aliphatic heterocycles. The Morgan fingerprint density at radius 2 is 1.71 bits per heavy atom. The summed E-state index contributed by atoms with van der Waals surface area (Å²) in [6.45, 7) is 3.34. The molecule has 1 heterocycles. The second-order valence-electron chi connectivity index (χ2n) is 9.08. The third kappa shape index (κ3) is 4.33. The summed E-state index contributed by atoms with van der Waals surface area (Å²) >= 11 is 0. The van der Waals surface area contributed by atoms with Crippen LogP contribution in [0.2, 0.25) is 0 Å². The monoisotopic (exact) mass is 463 g/mol. The van der Waals surface area contributed by atoms with Crippen molar-refractivity contribution in [3.63, 3.8) is 0 Å². The molecule has 2 fully saturated rings. The number of non-ortho nitro benzene ring substituents is 1. The van der Waals surface area contributed by atoms with Crippen LogP contribution in [0.15, 0.2) is 48.5 Å². The minimum atomic E-state index is -0.822. The van der Waals surface area contributed by atoms with Gasteiger partial charge in [0.25, 0.3) is 23.4 Å². The zero-order valence-corrected chi connectivity index (χ0v) is 19.0. The molecule has 2 aliphatic rings. The highest BCUT2D eigenvalue weighted by Gasteiger charge is 2.52. The lowest BCUT2D eigenvalue weighted by Gasteiger charge is -2.30. The molecule has 1 saturated carbocycles. The lowest BCUT2D eigenvalue weighted by molar-refractivity contribution is -0.384. The Morgan fingerprint density at radius 1 is 1.03 bits per heavy atom. The van der Waals surface area contributed by atoms with Crippen LogP contribution in [0, 0.1) is 34.8 Å². The number of aryl methyl sites for hydroxylation is 1. The highest BCUT2D eigenvalue weighted by atomic mass is 16.6. The molecule has 0 radical (unpaired) electrons. The summed E-state index contributed by atoms with van der Waals surface area (Å²) in [5.41, 5.74) is 0.878. The van der Waals surface area contributed by atoms with Crippen molar-refractivity contribution in [3.05, 3.63) is 75.3 Å². The Hall–Kier alpha value is -3.88. The average Bonchev–Trinajstić information content (AvgIpc) is 3.06. The zero-order chi connectivity index (χ0) is 24.6. The Labute approximate surface area is 196 Å². The number of fused-ring (bicyclic) bond motifs is 1. The number of imide groups is 1. The van der Waals surface area contributed by atoms with Gasteiger partial charge in [-0.3, -0.25) is 29.3 Å². The maximum absolute atomic E-state index is 13.5. The van der Waals surface area contributed by atoms with E-state index in [2.05, 4.69) is 0 Å². The summed E-state index contributed by atoms with van der Waals surface area (Å²) in [6, 6.07) is 11.8. The molecule has 1 aliphatic carbocycles. The summed E-state index contributed by atoms with van der Waals surface area (Å²) in [7, 11) is 0. The molecule has 0 spiro atoms. The van der Waals surface area contributed by atoms with Crippen molar-refractivity contribution in [2.75, 3.05) is 6.54 Å². The molecule has 0 N–H and O–H groups in total. The highest BCUT2D eigenvalue weighted by molar-refractivity contribution is 6.09. The molecule has 2 aromatic rings. The molecular weight excluding hydrogens is 438 g/mol. The summed E-state index contributed by atoms with van der Waals surface area (Å²) < 4.78 is 0. The van der Waals surface area contributed by atoms with Crippen LogP contribution in [0.1, 0.15) is 52.5 Å². The zero-order valence-electron chi connectivity index (χ0n) is 19.0. The number of ketones is 1. The lowest BCUT2D eigenvalue weighted by atomic mass is 9.76. The van der Waals surface area contributed by atoms with Gasteiger partial charge in [0.05, 0.1) is 16.8 Å². The normalized spacial score (nSPS) is 21.8. The van der Waals surface area contributed by atoms with Gasteiger partial charge in [-0.05, 0) is 38.2 Å². The van der Waals surface area contributed by atoms with Crippen LogP contribution >= 0.6 is 0 Å². The molecule has 0 aromatic heterocycles. The van der Waals surface area contributed by atoms with E-state index in [4.69, 9.17) is 0 Å². The van der Waals surface area contributed by atoms with Crippen LogP contribution in [0.5, 0.6) is 0 Å². The number of nitro groups is 1. The van der Waals surface area contributed by atoms with E-state index >= 15 is 0 Å². The number of nitro benzene ring substituents is 1. The Kier molecular flexibility index (Phi) is 6.28. The maximum Gasteiger partial charge on any atom is 0.273 e. The number of rotatable bonds is 6. The van der Waals surface area contributed by atoms with E-state index in [9.17, 15) is 29.3 Å². The summed E-state index contributed by atoms with van der Waals surface area (Å²) in [6.07, 6.45) is 1.88. The van der Waals surface area contributed by atoms with E-state index in [-0.39, 0.29) is 17.2 Å². The van der Waals surface area contributed by atoms with Crippen LogP contribution in [-0.2, 0) is 9.59 Å². The first-order valence-electron chi connectivity index (χ1n) is 11.2. The van der Waals surface area contributed by atoms with Gasteiger partial charge in [0.1, 0.15) is 6.54 Å². The van der Waals surface area contributed by atoms with E-state index in [1.807, 2.05) is 13.8 Å². The second kappa shape index (κ2) is 9.17. The van der Waals surface area contributed by atoms with Crippen LogP contribution < -0.4 is 0 Å². The van der Waals surface area contributed by atoms with E-state index in [1.54, 1.807) is 24.3 Å². The van der Waals surface area contributed by atoms with Crippen molar-refractivity contribution in [2.24, 2.45) is 17.8 Å². The quantitative estimate of drug-likeness (QED) is 0.280. The molecule has 2 aromatic carbocycles. The van der Waals surface area contributed by atoms with Gasteiger partial charge in [-0.2, -0.15) is 5.01 Å². The number of benzene rings is 2. The number of carbonyl (C=O) groups excluding carboxylic acids is 4. The fourth-order valence-electron chi connectivity index (χ4n) is 4.71. The summed E-state index contributed by atoms with van der Waals surface area (Å²) in [5.74, 6) is -3.08. The summed E-state index contributed by atoms with van der Waals surface area (Å²) in [4.78, 5) is 63.7. The number of nitrogens with zero attached hydrogens (tertiary/aromatic N) is 3. The van der Waals surface area contributed by atoms with Crippen molar-refractivity contribution >= 4 is 29.2 Å². The predicted molar refractivity (Wildman–Crippen MR) is 121 cm³/mol. The Morgan fingerprint density at radius 3 is 2.38 bits per heavy atom. The van der Waals surface area contributed by atoms with Crippen molar-refractivity contribution < 1.29 is 24.1 Å². The van der Waals surface area contributed by atoms with Crippen molar-refractivity contribution in [2.45, 2.75) is 33.1 Å². The van der Waals surface area contributed by atoms with Gasteiger partial charge in [-0.1, -0.05) is 42.8 Å². The Balaban J connectivity index is 1.71. The van der Waals surface area contributed by atoms with Crippen molar-refractivity contribution in [3.8, 4) is 0 Å². The number of Topliss-reactive ketones (excluding diaryl/α,β-unsaturated/α-hetero) is 1. The maximum atomic E-state index is 13.5. The van der Waals surface area contributed by atoms with Gasteiger partial charge in [0.2, 0.25) is 0 Å². The number of hydrogen-bond donors (Lipinski definition) is 0. The molecule has 176 valence electrons. The van der Waals surface area contributed by atoms with Gasteiger partial charge in [0, 0.05) is 23.3 Å². The first-order chi connectivity index (χ1) is 16.2. The van der Waals surface area contributed by atoms with Crippen LogP contribution in [0.4, 0.5) is 5.69 Å². The van der Waals surface area contributed by atoms with Crippen molar-refractivity contribution in [1.82, 2.24) is 10.0 Å². The molecule has 1 saturated heterocycles. The number of hydrazine groups is 1. The van der Waals surface area contributed by atoms with Crippen molar-refractivity contribution in [1.29, 1.82) is 0 Å². The van der Waals surface area contributed by atoms with Crippen LogP contribution in [-0.4, -0.2) is 45.0 Å². The second-order valence-corrected chi connectivity index (χ2v) is 9.08. The van der Waals surface area contributed by atoms with E-state index in [1.165, 1.54) is 18.2 Å². The third-order valence-electron chi connectivity index (χ3n) is 6.61. The van der Waals surface area contributed by atoms with Gasteiger partial charge in [-0.15, -0.1) is 0 Å². The molecular formula is C25H25N3O6. The molecule has 0 bridgehead atoms. The molecule has 34 heavy (non-hydrogen) atoms.